The Labute approximate surface area is 227 Å². The predicted molar refractivity (Wildman–Crippen MR) is 148 cm³/mol. The number of nitrogens with zero attached hydrogens (tertiary/aromatic N) is 5. The lowest BCUT2D eigenvalue weighted by atomic mass is 10.0. The molecule has 12 heteroatoms. The van der Waals surface area contributed by atoms with Gasteiger partial charge < -0.3 is 31.1 Å². The number of nitriles is 1. The van der Waals surface area contributed by atoms with Gasteiger partial charge in [-0.3, -0.25) is 4.90 Å². The first kappa shape index (κ1) is 27.7. The lowest BCUT2D eigenvalue weighted by Gasteiger charge is -2.27. The van der Waals surface area contributed by atoms with Gasteiger partial charge in [0.2, 0.25) is 17.8 Å². The molecular formula is C27H33N9O3. The van der Waals surface area contributed by atoms with E-state index < -0.39 is 12.0 Å². The third-order valence-electron chi connectivity index (χ3n) is 6.15. The predicted octanol–water partition coefficient (Wildman–Crippen LogP) is 2.06. The summed E-state index contributed by atoms with van der Waals surface area (Å²) < 4.78 is 5.10. The number of ether oxygens (including phenoxy) is 1. The topological polar surface area (TPSA) is 160 Å². The SMILES string of the molecule is COCCNc1nc(Nc2cccc(CN3CCNCC3)c2)nc(N[C@@H](Cc2ccc(C#N)cc2)C(=O)O)n1. The smallest absolute Gasteiger partial charge is 0.326 e. The number of nitrogens with one attached hydrogen (secondary N) is 4. The zero-order chi connectivity index (χ0) is 27.5. The van der Waals surface area contributed by atoms with Gasteiger partial charge in [0.15, 0.2) is 0 Å². The Hall–Kier alpha value is -4.31. The Morgan fingerprint density at radius 2 is 1.85 bits per heavy atom. The van der Waals surface area contributed by atoms with Crippen LogP contribution in [0.3, 0.4) is 0 Å². The molecule has 1 aliphatic heterocycles. The van der Waals surface area contributed by atoms with E-state index in [2.05, 4.69) is 59.3 Å². The van der Waals surface area contributed by atoms with E-state index in [-0.39, 0.29) is 24.3 Å². The average molecular weight is 532 g/mol. The maximum Gasteiger partial charge on any atom is 0.326 e. The van der Waals surface area contributed by atoms with E-state index in [4.69, 9.17) is 10.00 Å². The zero-order valence-corrected chi connectivity index (χ0v) is 21.9. The van der Waals surface area contributed by atoms with Crippen LogP contribution < -0.4 is 21.3 Å². The molecule has 1 aromatic heterocycles. The van der Waals surface area contributed by atoms with Gasteiger partial charge >= 0.3 is 5.97 Å². The fourth-order valence-electron chi connectivity index (χ4n) is 4.15. The van der Waals surface area contributed by atoms with E-state index in [1.807, 2.05) is 12.1 Å². The van der Waals surface area contributed by atoms with Crippen molar-refractivity contribution in [3.63, 3.8) is 0 Å². The number of rotatable bonds is 13. The van der Waals surface area contributed by atoms with Gasteiger partial charge in [-0.1, -0.05) is 24.3 Å². The fourth-order valence-corrected chi connectivity index (χ4v) is 4.15. The van der Waals surface area contributed by atoms with Crippen molar-refractivity contribution in [2.75, 3.05) is 62.4 Å². The Kier molecular flexibility index (Phi) is 9.96. The van der Waals surface area contributed by atoms with Gasteiger partial charge in [-0.15, -0.1) is 0 Å². The van der Waals surface area contributed by atoms with Crippen LogP contribution in [0.4, 0.5) is 23.5 Å². The number of carboxylic acids is 1. The average Bonchev–Trinajstić information content (AvgIpc) is 2.94. The summed E-state index contributed by atoms with van der Waals surface area (Å²) in [5.41, 5.74) is 3.26. The van der Waals surface area contributed by atoms with Crippen LogP contribution in [-0.4, -0.2) is 83.4 Å². The Morgan fingerprint density at radius 1 is 1.10 bits per heavy atom. The minimum absolute atomic E-state index is 0.116. The normalized spacial score (nSPS) is 14.3. The van der Waals surface area contributed by atoms with Crippen molar-refractivity contribution in [2.24, 2.45) is 0 Å². The molecule has 0 saturated carbocycles. The minimum Gasteiger partial charge on any atom is -0.480 e. The van der Waals surface area contributed by atoms with Crippen LogP contribution in [0.2, 0.25) is 0 Å². The van der Waals surface area contributed by atoms with E-state index in [1.165, 1.54) is 5.56 Å². The van der Waals surface area contributed by atoms with Crippen molar-refractivity contribution in [2.45, 2.75) is 19.0 Å². The molecule has 5 N–H and O–H groups in total. The number of piperazine rings is 1. The monoisotopic (exact) mass is 531 g/mol. The van der Waals surface area contributed by atoms with E-state index in [0.29, 0.717) is 18.7 Å². The third-order valence-corrected chi connectivity index (χ3v) is 6.15. The third kappa shape index (κ3) is 8.61. The number of methoxy groups -OCH3 is 1. The van der Waals surface area contributed by atoms with Crippen molar-refractivity contribution in [3.8, 4) is 6.07 Å². The second-order valence-corrected chi connectivity index (χ2v) is 9.13. The van der Waals surface area contributed by atoms with E-state index in [1.54, 1.807) is 31.4 Å². The van der Waals surface area contributed by atoms with E-state index in [9.17, 15) is 9.90 Å². The summed E-state index contributed by atoms with van der Waals surface area (Å²) >= 11 is 0. The van der Waals surface area contributed by atoms with Crippen LogP contribution in [0.5, 0.6) is 0 Å². The molecule has 204 valence electrons. The molecule has 0 unspecified atom stereocenters. The molecule has 0 aliphatic carbocycles. The molecule has 12 nitrogen and oxygen atoms in total. The van der Waals surface area contributed by atoms with Gasteiger partial charge in [0, 0.05) is 58.5 Å². The Bertz CT molecular complexity index is 1270. The van der Waals surface area contributed by atoms with Crippen molar-refractivity contribution < 1.29 is 14.6 Å². The molecule has 1 fully saturated rings. The number of carbonyl (C=O) groups is 1. The number of aromatic nitrogens is 3. The highest BCUT2D eigenvalue weighted by Crippen LogP contribution is 2.19. The van der Waals surface area contributed by atoms with Gasteiger partial charge in [0.05, 0.1) is 18.2 Å². The first-order valence-corrected chi connectivity index (χ1v) is 12.8. The second kappa shape index (κ2) is 14.0. The summed E-state index contributed by atoms with van der Waals surface area (Å²) in [4.78, 5) is 27.8. The molecule has 0 spiro atoms. The van der Waals surface area contributed by atoms with E-state index >= 15 is 0 Å². The van der Waals surface area contributed by atoms with Gasteiger partial charge in [0.1, 0.15) is 6.04 Å². The number of anilines is 4. The largest absolute Gasteiger partial charge is 0.480 e. The van der Waals surface area contributed by atoms with Crippen molar-refractivity contribution in [1.29, 1.82) is 5.26 Å². The van der Waals surface area contributed by atoms with Crippen LogP contribution in [0.1, 0.15) is 16.7 Å². The van der Waals surface area contributed by atoms with Crippen LogP contribution in [0, 0.1) is 11.3 Å². The number of hydrogen-bond donors (Lipinski definition) is 5. The number of benzene rings is 2. The molecule has 0 bridgehead atoms. The van der Waals surface area contributed by atoms with Crippen LogP contribution >= 0.6 is 0 Å². The summed E-state index contributed by atoms with van der Waals surface area (Å²) in [6.07, 6.45) is 0.177. The molecule has 1 saturated heterocycles. The molecular weight excluding hydrogens is 498 g/mol. The number of aliphatic carboxylic acids is 1. The number of hydrogen-bond acceptors (Lipinski definition) is 11. The van der Waals surface area contributed by atoms with Gasteiger partial charge in [-0.2, -0.15) is 20.2 Å². The molecule has 2 heterocycles. The Balaban J connectivity index is 1.52. The number of carboxylic acid groups (broad SMARTS) is 1. The molecule has 2 aromatic carbocycles. The van der Waals surface area contributed by atoms with Crippen LogP contribution in [-0.2, 0) is 22.5 Å². The van der Waals surface area contributed by atoms with Crippen LogP contribution in [0.15, 0.2) is 48.5 Å². The Morgan fingerprint density at radius 3 is 2.56 bits per heavy atom. The van der Waals surface area contributed by atoms with Crippen LogP contribution in [0.25, 0.3) is 0 Å². The highest BCUT2D eigenvalue weighted by molar-refractivity contribution is 5.77. The minimum atomic E-state index is -1.05. The summed E-state index contributed by atoms with van der Waals surface area (Å²) in [7, 11) is 1.60. The van der Waals surface area contributed by atoms with Gasteiger partial charge in [-0.25, -0.2) is 4.79 Å². The summed E-state index contributed by atoms with van der Waals surface area (Å²) in [5, 5.41) is 31.5. The quantitative estimate of drug-likeness (QED) is 0.205. The standard InChI is InChI=1S/C27H33N9O3/c1-39-14-11-30-25-33-26(31-22-4-2-3-21(15-22)18-36-12-9-29-10-13-36)35-27(34-25)32-23(24(37)38)16-19-5-7-20(17-28)8-6-19/h2-8,15,23,29H,9-14,16,18H2,1H3,(H,37,38)(H3,30,31,32,33,34,35)/t23-/m0/s1. The molecule has 0 radical (unpaired) electrons. The van der Waals surface area contributed by atoms with Gasteiger partial charge in [-0.05, 0) is 35.4 Å². The van der Waals surface area contributed by atoms with Crippen molar-refractivity contribution >= 4 is 29.5 Å². The first-order chi connectivity index (χ1) is 19.0. The second-order valence-electron chi connectivity index (χ2n) is 9.13. The lowest BCUT2D eigenvalue weighted by molar-refractivity contribution is -0.137. The maximum absolute atomic E-state index is 12.1. The maximum atomic E-state index is 12.1. The lowest BCUT2D eigenvalue weighted by Crippen LogP contribution is -2.42. The zero-order valence-electron chi connectivity index (χ0n) is 21.9. The first-order valence-electron chi connectivity index (χ1n) is 12.8. The molecule has 39 heavy (non-hydrogen) atoms. The molecule has 1 aliphatic rings. The highest BCUT2D eigenvalue weighted by Gasteiger charge is 2.20. The van der Waals surface area contributed by atoms with E-state index in [0.717, 1.165) is 44.0 Å². The summed E-state index contributed by atoms with van der Waals surface area (Å²) in [6, 6.07) is 15.9. The molecule has 3 aromatic rings. The molecule has 0 amide bonds. The molecule has 1 atom stereocenters. The fraction of sp³-hybridized carbons (Fsp3) is 0.370. The highest BCUT2D eigenvalue weighted by atomic mass is 16.5. The van der Waals surface area contributed by atoms with Gasteiger partial charge in [0.25, 0.3) is 0 Å². The molecule has 4 rings (SSSR count). The van der Waals surface area contributed by atoms with Crippen molar-refractivity contribution in [1.82, 2.24) is 25.2 Å². The van der Waals surface area contributed by atoms with Crippen molar-refractivity contribution in [3.05, 3.63) is 65.2 Å². The summed E-state index contributed by atoms with van der Waals surface area (Å²) in [6.45, 7) is 5.74. The summed E-state index contributed by atoms with van der Waals surface area (Å²) in [5.74, 6) is -0.380.